The van der Waals surface area contributed by atoms with Crippen molar-refractivity contribution in [2.75, 3.05) is 13.1 Å². The van der Waals surface area contributed by atoms with E-state index in [0.29, 0.717) is 5.92 Å². The first-order valence-corrected chi connectivity index (χ1v) is 7.00. The summed E-state index contributed by atoms with van der Waals surface area (Å²) in [5, 5.41) is 7.42. The Morgan fingerprint density at radius 3 is 2.35 bits per heavy atom. The van der Waals surface area contributed by atoms with Gasteiger partial charge in [0.2, 0.25) is 0 Å². The molecular weight excluding hydrogens is 254 g/mol. The SMILES string of the molecule is CC(=O)O.CCN1CCC(C)C1C(=O)c1ccccc1. The molecule has 2 atom stereocenters. The zero-order valence-corrected chi connectivity index (χ0v) is 12.4. The maximum Gasteiger partial charge on any atom is 0.300 e. The fourth-order valence-electron chi connectivity index (χ4n) is 2.58. The van der Waals surface area contributed by atoms with Crippen LogP contribution in [0.2, 0.25) is 0 Å². The normalized spacial score (nSPS) is 21.9. The third kappa shape index (κ3) is 4.46. The van der Waals surface area contributed by atoms with Crippen molar-refractivity contribution >= 4 is 11.8 Å². The quantitative estimate of drug-likeness (QED) is 0.863. The van der Waals surface area contributed by atoms with E-state index in [4.69, 9.17) is 9.90 Å². The zero-order chi connectivity index (χ0) is 15.1. The molecule has 1 aliphatic heterocycles. The number of aliphatic carboxylic acids is 1. The number of likely N-dealkylation sites (tertiary alicyclic amines) is 1. The van der Waals surface area contributed by atoms with Gasteiger partial charge in [-0.2, -0.15) is 0 Å². The molecule has 0 bridgehead atoms. The largest absolute Gasteiger partial charge is 0.481 e. The molecule has 0 radical (unpaired) electrons. The number of nitrogens with zero attached hydrogens (tertiary/aromatic N) is 1. The second-order valence-corrected chi connectivity index (χ2v) is 5.09. The third-order valence-electron chi connectivity index (χ3n) is 3.54. The number of carboxylic acids is 1. The molecule has 110 valence electrons. The molecule has 2 rings (SSSR count). The Hall–Kier alpha value is -1.68. The number of rotatable bonds is 3. The van der Waals surface area contributed by atoms with E-state index in [-0.39, 0.29) is 11.8 Å². The molecule has 20 heavy (non-hydrogen) atoms. The third-order valence-corrected chi connectivity index (χ3v) is 3.54. The average molecular weight is 277 g/mol. The lowest BCUT2D eigenvalue weighted by molar-refractivity contribution is -0.134. The van der Waals surface area contributed by atoms with Crippen LogP contribution in [0.4, 0.5) is 0 Å². The van der Waals surface area contributed by atoms with Gasteiger partial charge in [-0.15, -0.1) is 0 Å². The highest BCUT2D eigenvalue weighted by Crippen LogP contribution is 2.26. The lowest BCUT2D eigenvalue weighted by Gasteiger charge is -2.24. The molecule has 1 aromatic carbocycles. The number of hydrogen-bond acceptors (Lipinski definition) is 3. The number of carbonyl (C=O) groups excluding carboxylic acids is 1. The summed E-state index contributed by atoms with van der Waals surface area (Å²) in [5.74, 6) is -0.0693. The summed E-state index contributed by atoms with van der Waals surface area (Å²) in [7, 11) is 0. The summed E-state index contributed by atoms with van der Waals surface area (Å²) >= 11 is 0. The molecule has 1 aliphatic rings. The van der Waals surface area contributed by atoms with Crippen molar-refractivity contribution in [3.63, 3.8) is 0 Å². The summed E-state index contributed by atoms with van der Waals surface area (Å²) in [6.07, 6.45) is 1.14. The van der Waals surface area contributed by atoms with Crippen LogP contribution < -0.4 is 0 Å². The highest BCUT2D eigenvalue weighted by Gasteiger charge is 2.35. The van der Waals surface area contributed by atoms with Crippen LogP contribution >= 0.6 is 0 Å². The van der Waals surface area contributed by atoms with Gasteiger partial charge in [0, 0.05) is 12.5 Å². The van der Waals surface area contributed by atoms with Gasteiger partial charge in [0.1, 0.15) is 0 Å². The van der Waals surface area contributed by atoms with Crippen LogP contribution in [-0.4, -0.2) is 40.9 Å². The standard InChI is InChI=1S/C14H19NO.C2H4O2/c1-3-15-10-9-11(2)13(15)14(16)12-7-5-4-6-8-12;1-2(3)4/h4-8,11,13H,3,9-10H2,1-2H3;1H3,(H,3,4). The number of likely N-dealkylation sites (N-methyl/N-ethyl adjacent to an activating group) is 1. The van der Waals surface area contributed by atoms with Crippen molar-refractivity contribution < 1.29 is 14.7 Å². The number of ketones is 1. The topological polar surface area (TPSA) is 57.6 Å². The predicted octanol–water partition coefficient (Wildman–Crippen LogP) is 2.69. The van der Waals surface area contributed by atoms with Crippen LogP contribution in [0.25, 0.3) is 0 Å². The maximum absolute atomic E-state index is 12.4. The number of carboxylic acid groups (broad SMARTS) is 1. The Labute approximate surface area is 120 Å². The Balaban J connectivity index is 0.000000444. The van der Waals surface area contributed by atoms with Gasteiger partial charge in [-0.1, -0.05) is 44.2 Å². The fourth-order valence-corrected chi connectivity index (χ4v) is 2.58. The molecule has 1 saturated heterocycles. The monoisotopic (exact) mass is 277 g/mol. The summed E-state index contributed by atoms with van der Waals surface area (Å²) in [6, 6.07) is 9.74. The summed E-state index contributed by atoms with van der Waals surface area (Å²) in [5.41, 5.74) is 0.847. The highest BCUT2D eigenvalue weighted by molar-refractivity contribution is 6.00. The number of Topliss-reactive ketones (excluding diaryl/α,β-unsaturated/α-hetero) is 1. The summed E-state index contributed by atoms with van der Waals surface area (Å²) in [4.78, 5) is 23.7. The minimum Gasteiger partial charge on any atom is -0.481 e. The van der Waals surface area contributed by atoms with E-state index >= 15 is 0 Å². The molecule has 4 nitrogen and oxygen atoms in total. The van der Waals surface area contributed by atoms with Crippen molar-refractivity contribution in [3.05, 3.63) is 35.9 Å². The molecule has 2 unspecified atom stereocenters. The Morgan fingerprint density at radius 2 is 1.85 bits per heavy atom. The second-order valence-electron chi connectivity index (χ2n) is 5.09. The van der Waals surface area contributed by atoms with Crippen LogP contribution in [0.3, 0.4) is 0 Å². The minimum absolute atomic E-state index is 0.0902. The van der Waals surface area contributed by atoms with Gasteiger partial charge in [0.25, 0.3) is 5.97 Å². The fraction of sp³-hybridized carbons (Fsp3) is 0.500. The van der Waals surface area contributed by atoms with Crippen molar-refractivity contribution in [2.24, 2.45) is 5.92 Å². The van der Waals surface area contributed by atoms with Gasteiger partial charge in [-0.25, -0.2) is 0 Å². The van der Waals surface area contributed by atoms with E-state index in [2.05, 4.69) is 18.7 Å². The van der Waals surface area contributed by atoms with Crippen LogP contribution in [0.15, 0.2) is 30.3 Å². The molecule has 1 heterocycles. The summed E-state index contributed by atoms with van der Waals surface area (Å²) < 4.78 is 0. The Morgan fingerprint density at radius 1 is 1.30 bits per heavy atom. The second kappa shape index (κ2) is 7.80. The van der Waals surface area contributed by atoms with Crippen molar-refractivity contribution in [1.82, 2.24) is 4.90 Å². The van der Waals surface area contributed by atoms with Crippen molar-refractivity contribution in [3.8, 4) is 0 Å². The van der Waals surface area contributed by atoms with Crippen molar-refractivity contribution in [1.29, 1.82) is 0 Å². The first-order valence-electron chi connectivity index (χ1n) is 7.00. The minimum atomic E-state index is -0.833. The van der Waals surface area contributed by atoms with Crippen LogP contribution in [0.5, 0.6) is 0 Å². The summed E-state index contributed by atoms with van der Waals surface area (Å²) in [6.45, 7) is 7.42. The van der Waals surface area contributed by atoms with Gasteiger partial charge < -0.3 is 5.11 Å². The van der Waals surface area contributed by atoms with Gasteiger partial charge in [0.15, 0.2) is 5.78 Å². The zero-order valence-electron chi connectivity index (χ0n) is 12.4. The Kier molecular flexibility index (Phi) is 6.39. The molecule has 1 N–H and O–H groups in total. The number of carbonyl (C=O) groups is 2. The lowest BCUT2D eigenvalue weighted by Crippen LogP contribution is -2.38. The van der Waals surface area contributed by atoms with E-state index in [9.17, 15) is 4.79 Å². The van der Waals surface area contributed by atoms with Crippen LogP contribution in [-0.2, 0) is 4.79 Å². The van der Waals surface area contributed by atoms with Gasteiger partial charge in [0.05, 0.1) is 6.04 Å². The Bertz CT molecular complexity index is 440. The van der Waals surface area contributed by atoms with E-state index in [1.807, 2.05) is 30.3 Å². The predicted molar refractivity (Wildman–Crippen MR) is 78.9 cm³/mol. The molecule has 0 spiro atoms. The molecule has 1 fully saturated rings. The molecule has 0 amide bonds. The molecule has 0 aromatic heterocycles. The molecule has 4 heteroatoms. The smallest absolute Gasteiger partial charge is 0.300 e. The lowest BCUT2D eigenvalue weighted by atomic mass is 9.94. The van der Waals surface area contributed by atoms with Gasteiger partial charge >= 0.3 is 0 Å². The highest BCUT2D eigenvalue weighted by atomic mass is 16.4. The van der Waals surface area contributed by atoms with Crippen LogP contribution in [0.1, 0.15) is 37.6 Å². The van der Waals surface area contributed by atoms with E-state index in [1.54, 1.807) is 0 Å². The van der Waals surface area contributed by atoms with Gasteiger partial charge in [-0.05, 0) is 25.4 Å². The number of benzene rings is 1. The molecule has 1 aromatic rings. The molecule has 0 saturated carbocycles. The first-order chi connectivity index (χ1) is 9.47. The van der Waals surface area contributed by atoms with Crippen molar-refractivity contribution in [2.45, 2.75) is 33.2 Å². The van der Waals surface area contributed by atoms with E-state index in [1.165, 1.54) is 0 Å². The van der Waals surface area contributed by atoms with E-state index in [0.717, 1.165) is 32.0 Å². The van der Waals surface area contributed by atoms with E-state index < -0.39 is 5.97 Å². The molecular formula is C16H23NO3. The van der Waals surface area contributed by atoms with Gasteiger partial charge in [-0.3, -0.25) is 14.5 Å². The molecule has 0 aliphatic carbocycles. The average Bonchev–Trinajstić information content (AvgIpc) is 2.79. The first kappa shape index (κ1) is 16.4. The maximum atomic E-state index is 12.4. The van der Waals surface area contributed by atoms with Crippen LogP contribution in [0, 0.1) is 5.92 Å². The number of hydrogen-bond donors (Lipinski definition) is 1.